The number of likely N-dealkylation sites (N-methyl/N-ethyl adjacent to an activating group) is 1. The molecule has 0 aliphatic carbocycles. The van der Waals surface area contributed by atoms with E-state index in [1.54, 1.807) is 32.4 Å². The quantitative estimate of drug-likeness (QED) is 0.493. The van der Waals surface area contributed by atoms with E-state index in [0.717, 1.165) is 17.6 Å². The van der Waals surface area contributed by atoms with Gasteiger partial charge in [0.2, 0.25) is 0 Å². The van der Waals surface area contributed by atoms with Gasteiger partial charge in [0.15, 0.2) is 6.17 Å². The minimum absolute atomic E-state index is 0.274. The highest BCUT2D eigenvalue weighted by Gasteiger charge is 2.11. The largest absolute Gasteiger partial charge is 0.335 e. The number of pyridine rings is 1. The Labute approximate surface area is 107 Å². The molecule has 1 aromatic rings. The third-order valence-electron chi connectivity index (χ3n) is 2.84. The summed E-state index contributed by atoms with van der Waals surface area (Å²) in [6.45, 7) is 3.69. The predicted octanol–water partition coefficient (Wildman–Crippen LogP) is 2.90. The molecule has 1 rings (SSSR count). The second kappa shape index (κ2) is 6.64. The molecular weight excluding hydrogens is 228 g/mol. The number of aromatic nitrogens is 1. The van der Waals surface area contributed by atoms with Gasteiger partial charge in [-0.2, -0.15) is 0 Å². The van der Waals surface area contributed by atoms with Crippen LogP contribution in [-0.4, -0.2) is 28.9 Å². The maximum atomic E-state index is 10.5. The fourth-order valence-corrected chi connectivity index (χ4v) is 1.49. The first-order valence-electron chi connectivity index (χ1n) is 5.85. The molecule has 0 aliphatic rings. The average Bonchev–Trinajstić information content (AvgIpc) is 2.43. The van der Waals surface area contributed by atoms with E-state index >= 15 is 0 Å². The van der Waals surface area contributed by atoms with Crippen molar-refractivity contribution in [1.82, 2.24) is 9.88 Å². The van der Waals surface area contributed by atoms with E-state index in [-0.39, 0.29) is 5.84 Å². The molecule has 18 heavy (non-hydrogen) atoms. The zero-order valence-corrected chi connectivity index (χ0v) is 10.9. The molecule has 0 spiro atoms. The summed E-state index contributed by atoms with van der Waals surface area (Å²) >= 11 is 0. The van der Waals surface area contributed by atoms with E-state index in [1.807, 2.05) is 19.1 Å². The van der Waals surface area contributed by atoms with Crippen molar-refractivity contribution in [2.24, 2.45) is 5.18 Å². The zero-order valence-electron chi connectivity index (χ0n) is 10.9. The second-order valence-corrected chi connectivity index (χ2v) is 3.99. The van der Waals surface area contributed by atoms with E-state index < -0.39 is 6.17 Å². The van der Waals surface area contributed by atoms with Crippen LogP contribution in [0, 0.1) is 10.3 Å². The van der Waals surface area contributed by atoms with Gasteiger partial charge in [-0.3, -0.25) is 10.4 Å². The van der Waals surface area contributed by atoms with Crippen molar-refractivity contribution in [3.05, 3.63) is 41.1 Å². The van der Waals surface area contributed by atoms with Gasteiger partial charge in [0.1, 0.15) is 5.84 Å². The lowest BCUT2D eigenvalue weighted by molar-refractivity contribution is 0.400. The third-order valence-corrected chi connectivity index (χ3v) is 2.84. The van der Waals surface area contributed by atoms with E-state index in [0.29, 0.717) is 0 Å². The summed E-state index contributed by atoms with van der Waals surface area (Å²) in [6, 6.07) is 3.81. The summed E-state index contributed by atoms with van der Waals surface area (Å²) in [4.78, 5) is 16.0. The highest BCUT2D eigenvalue weighted by Crippen LogP contribution is 2.17. The molecule has 0 saturated heterocycles. The van der Waals surface area contributed by atoms with Crippen molar-refractivity contribution < 1.29 is 0 Å². The van der Waals surface area contributed by atoms with E-state index in [9.17, 15) is 4.91 Å². The lowest BCUT2D eigenvalue weighted by Crippen LogP contribution is -2.31. The molecule has 0 aromatic carbocycles. The van der Waals surface area contributed by atoms with Crippen molar-refractivity contribution in [3.8, 4) is 0 Å². The van der Waals surface area contributed by atoms with E-state index in [4.69, 9.17) is 5.41 Å². The molecule has 0 amide bonds. The number of allylic oxidation sites excluding steroid dienone is 1. The average molecular weight is 246 g/mol. The summed E-state index contributed by atoms with van der Waals surface area (Å²) in [6.07, 6.45) is 5.48. The number of nitroso groups, excluding NO2 is 1. The number of rotatable bonds is 5. The highest BCUT2D eigenvalue weighted by atomic mass is 16.3. The molecule has 1 atom stereocenters. The minimum atomic E-state index is -0.538. The van der Waals surface area contributed by atoms with Crippen molar-refractivity contribution in [1.29, 1.82) is 5.41 Å². The van der Waals surface area contributed by atoms with Gasteiger partial charge in [-0.25, -0.2) is 0 Å². The molecule has 0 bridgehead atoms. The van der Waals surface area contributed by atoms with Gasteiger partial charge in [0, 0.05) is 19.4 Å². The van der Waals surface area contributed by atoms with Gasteiger partial charge >= 0.3 is 0 Å². The smallest absolute Gasteiger partial charge is 0.161 e. The molecule has 1 aromatic heterocycles. The van der Waals surface area contributed by atoms with Crippen LogP contribution in [0.1, 0.15) is 25.8 Å². The molecular formula is C13H18N4O. The molecule has 5 heteroatoms. The van der Waals surface area contributed by atoms with Crippen LogP contribution < -0.4 is 0 Å². The molecule has 5 nitrogen and oxygen atoms in total. The van der Waals surface area contributed by atoms with Crippen molar-refractivity contribution >= 4 is 11.4 Å². The topological polar surface area (TPSA) is 69.4 Å². The third kappa shape index (κ3) is 3.48. The summed E-state index contributed by atoms with van der Waals surface area (Å²) in [5, 5.41) is 10.9. The van der Waals surface area contributed by atoms with Crippen molar-refractivity contribution in [2.75, 3.05) is 7.05 Å². The van der Waals surface area contributed by atoms with Gasteiger partial charge in [0.05, 0.1) is 0 Å². The number of amidine groups is 1. The van der Waals surface area contributed by atoms with Crippen LogP contribution in [0.4, 0.5) is 0 Å². The number of nitrogens with one attached hydrogen (secondary N) is 1. The van der Waals surface area contributed by atoms with E-state index in [2.05, 4.69) is 10.2 Å². The minimum Gasteiger partial charge on any atom is -0.335 e. The Morgan fingerprint density at radius 1 is 1.56 bits per heavy atom. The SMILES string of the molecule is CC/C(=C\C(=N)N(C)C(C)N=O)c1ccncc1. The summed E-state index contributed by atoms with van der Waals surface area (Å²) < 4.78 is 0. The fraction of sp³-hybridized carbons (Fsp3) is 0.385. The number of hydrogen-bond acceptors (Lipinski definition) is 4. The predicted molar refractivity (Wildman–Crippen MR) is 73.3 cm³/mol. The molecule has 0 fully saturated rings. The van der Waals surface area contributed by atoms with Crippen LogP contribution in [0.15, 0.2) is 35.8 Å². The summed E-state index contributed by atoms with van der Waals surface area (Å²) in [7, 11) is 1.69. The van der Waals surface area contributed by atoms with Gasteiger partial charge < -0.3 is 4.90 Å². The van der Waals surface area contributed by atoms with Gasteiger partial charge in [-0.1, -0.05) is 6.92 Å². The van der Waals surface area contributed by atoms with Crippen LogP contribution >= 0.6 is 0 Å². The lowest BCUT2D eigenvalue weighted by Gasteiger charge is -2.20. The van der Waals surface area contributed by atoms with Gasteiger partial charge in [-0.05, 0) is 47.9 Å². The van der Waals surface area contributed by atoms with Crippen molar-refractivity contribution in [3.63, 3.8) is 0 Å². The standard InChI is InChI=1S/C13H18N4O/c1-4-11(12-5-7-15-8-6-12)9-13(14)17(3)10(2)16-18/h5-10,14H,4H2,1-3H3/b11-9+,14-13?. The first-order chi connectivity index (χ1) is 8.60. The van der Waals surface area contributed by atoms with Gasteiger partial charge in [-0.15, -0.1) is 4.91 Å². The second-order valence-electron chi connectivity index (χ2n) is 3.99. The molecule has 1 unspecified atom stereocenters. The zero-order chi connectivity index (χ0) is 13.5. The maximum Gasteiger partial charge on any atom is 0.161 e. The van der Waals surface area contributed by atoms with Crippen LogP contribution in [0.2, 0.25) is 0 Å². The van der Waals surface area contributed by atoms with Crippen LogP contribution in [-0.2, 0) is 0 Å². The maximum absolute atomic E-state index is 10.5. The number of hydrogen-bond donors (Lipinski definition) is 1. The lowest BCUT2D eigenvalue weighted by atomic mass is 10.0. The molecule has 96 valence electrons. The Bertz CT molecular complexity index is 442. The summed E-state index contributed by atoms with van der Waals surface area (Å²) in [5.41, 5.74) is 2.07. The highest BCUT2D eigenvalue weighted by molar-refractivity contribution is 5.97. The summed E-state index contributed by atoms with van der Waals surface area (Å²) in [5.74, 6) is 0.274. The monoisotopic (exact) mass is 246 g/mol. The molecule has 0 radical (unpaired) electrons. The van der Waals surface area contributed by atoms with E-state index in [1.165, 1.54) is 4.90 Å². The normalized spacial score (nSPS) is 12.9. The van der Waals surface area contributed by atoms with Crippen molar-refractivity contribution in [2.45, 2.75) is 26.4 Å². The Morgan fingerprint density at radius 2 is 2.17 bits per heavy atom. The Kier molecular flexibility index (Phi) is 5.17. The van der Waals surface area contributed by atoms with Crippen LogP contribution in [0.5, 0.6) is 0 Å². The molecule has 0 aliphatic heterocycles. The first kappa shape index (κ1) is 14.0. The number of nitrogens with zero attached hydrogens (tertiary/aromatic N) is 3. The first-order valence-corrected chi connectivity index (χ1v) is 5.85. The molecule has 1 N–H and O–H groups in total. The Balaban J connectivity index is 2.92. The van der Waals surface area contributed by atoms with Gasteiger partial charge in [0.25, 0.3) is 0 Å². The molecule has 1 heterocycles. The van der Waals surface area contributed by atoms with Crippen LogP contribution in [0.25, 0.3) is 5.57 Å². The van der Waals surface area contributed by atoms with Crippen LogP contribution in [0.3, 0.4) is 0 Å². The molecule has 0 saturated carbocycles. The Morgan fingerprint density at radius 3 is 2.67 bits per heavy atom. The Hall–Kier alpha value is -2.04. The fourth-order valence-electron chi connectivity index (χ4n) is 1.49.